The van der Waals surface area contributed by atoms with Crippen LogP contribution in [0, 0.1) is 0 Å². The highest BCUT2D eigenvalue weighted by Crippen LogP contribution is 2.38. The number of carbonyl (C=O) groups excluding carboxylic acids is 1. The van der Waals surface area contributed by atoms with Crippen molar-refractivity contribution in [3.05, 3.63) is 53.6 Å². The third-order valence-corrected chi connectivity index (χ3v) is 4.61. The Bertz CT molecular complexity index is 819. The molecule has 0 aliphatic rings. The molecule has 0 bridgehead atoms. The van der Waals surface area contributed by atoms with Crippen LogP contribution in [-0.2, 0) is 27.0 Å². The van der Waals surface area contributed by atoms with E-state index >= 15 is 0 Å². The summed E-state index contributed by atoms with van der Waals surface area (Å²) in [6, 6.07) is 11.7. The van der Waals surface area contributed by atoms with Crippen molar-refractivity contribution in [3.8, 4) is 5.75 Å². The lowest BCUT2D eigenvalue weighted by Crippen LogP contribution is -2.04. The van der Waals surface area contributed by atoms with E-state index in [1.165, 1.54) is 25.1 Å². The lowest BCUT2D eigenvalue weighted by atomic mass is 10.1. The van der Waals surface area contributed by atoms with E-state index < -0.39 is 23.0 Å². The van der Waals surface area contributed by atoms with Crippen LogP contribution in [0.1, 0.15) is 15.9 Å². The highest BCUT2D eigenvalue weighted by Gasteiger charge is 2.16. The zero-order valence-corrected chi connectivity index (χ0v) is 15.2. The standard InChI is InChI=1S/C17H16O6S2/c1-22-17(20)12-5-3-4-6-14(12)24-15-9-11(10-16(18)19)7-8-13(15)23-25(2)21/h3-9H,10H2,1-2H3,(H,18,19). The number of hydrogen-bond donors (Lipinski definition) is 1. The minimum Gasteiger partial charge on any atom is -0.481 e. The number of carbonyl (C=O) groups is 2. The average Bonchev–Trinajstić information content (AvgIpc) is 2.56. The van der Waals surface area contributed by atoms with Crippen molar-refractivity contribution >= 4 is 34.8 Å². The Morgan fingerprint density at radius 1 is 1.16 bits per heavy atom. The monoisotopic (exact) mass is 380 g/mol. The second kappa shape index (κ2) is 8.68. The summed E-state index contributed by atoms with van der Waals surface area (Å²) in [5, 5.41) is 8.96. The molecule has 1 N–H and O–H groups in total. The molecule has 0 aliphatic carbocycles. The van der Waals surface area contributed by atoms with Crippen molar-refractivity contribution in [2.24, 2.45) is 0 Å². The molecule has 0 amide bonds. The van der Waals surface area contributed by atoms with Crippen LogP contribution in [0.5, 0.6) is 5.75 Å². The van der Waals surface area contributed by atoms with Gasteiger partial charge in [-0.05, 0) is 29.8 Å². The van der Waals surface area contributed by atoms with Gasteiger partial charge in [0.05, 0.1) is 24.0 Å². The first-order valence-corrected chi connectivity index (χ1v) is 9.42. The first-order chi connectivity index (χ1) is 11.9. The Hall–Kier alpha value is -2.32. The van der Waals surface area contributed by atoms with Crippen LogP contribution >= 0.6 is 11.8 Å². The van der Waals surface area contributed by atoms with Gasteiger partial charge in [0.25, 0.3) is 0 Å². The first kappa shape index (κ1) is 19.0. The van der Waals surface area contributed by atoms with Crippen LogP contribution in [0.25, 0.3) is 0 Å². The maximum Gasteiger partial charge on any atom is 0.339 e. The number of hydrogen-bond acceptors (Lipinski definition) is 6. The number of benzene rings is 2. The minimum atomic E-state index is -1.54. The van der Waals surface area contributed by atoms with E-state index in [-0.39, 0.29) is 6.42 Å². The van der Waals surface area contributed by atoms with E-state index in [2.05, 4.69) is 0 Å². The number of carboxylic acid groups (broad SMARTS) is 1. The maximum absolute atomic E-state index is 11.9. The average molecular weight is 380 g/mol. The lowest BCUT2D eigenvalue weighted by Gasteiger charge is -2.12. The topological polar surface area (TPSA) is 89.9 Å². The fourth-order valence-electron chi connectivity index (χ4n) is 2.06. The summed E-state index contributed by atoms with van der Waals surface area (Å²) >= 11 is -0.325. The highest BCUT2D eigenvalue weighted by atomic mass is 32.2. The molecule has 0 heterocycles. The van der Waals surface area contributed by atoms with Gasteiger partial charge in [-0.15, -0.1) is 0 Å². The molecular weight excluding hydrogens is 364 g/mol. The SMILES string of the molecule is COC(=O)c1ccccc1Sc1cc(CC(=O)O)ccc1OS(C)=O. The van der Waals surface area contributed by atoms with Crippen molar-refractivity contribution in [3.63, 3.8) is 0 Å². The number of ether oxygens (including phenoxy) is 1. The molecule has 1 atom stereocenters. The van der Waals surface area contributed by atoms with Crippen LogP contribution in [-0.4, -0.2) is 34.6 Å². The molecule has 2 aromatic carbocycles. The Labute approximate surface area is 151 Å². The van der Waals surface area contributed by atoms with Gasteiger partial charge >= 0.3 is 11.9 Å². The molecule has 0 radical (unpaired) electrons. The van der Waals surface area contributed by atoms with Crippen LogP contribution in [0.2, 0.25) is 0 Å². The lowest BCUT2D eigenvalue weighted by molar-refractivity contribution is -0.136. The van der Waals surface area contributed by atoms with Crippen molar-refractivity contribution < 1.29 is 27.8 Å². The van der Waals surface area contributed by atoms with Crippen LogP contribution in [0.4, 0.5) is 0 Å². The normalized spacial score (nSPS) is 11.6. The smallest absolute Gasteiger partial charge is 0.339 e. The molecule has 0 spiro atoms. The maximum atomic E-state index is 11.9. The van der Waals surface area contributed by atoms with Crippen LogP contribution in [0.15, 0.2) is 52.3 Å². The van der Waals surface area contributed by atoms with E-state index in [0.717, 1.165) is 0 Å². The quantitative estimate of drug-likeness (QED) is 0.739. The van der Waals surface area contributed by atoms with E-state index in [1.807, 2.05) is 0 Å². The fraction of sp³-hybridized carbons (Fsp3) is 0.176. The molecule has 2 rings (SSSR count). The number of aliphatic carboxylic acids is 1. The number of rotatable bonds is 7. The Kier molecular flexibility index (Phi) is 6.60. The van der Waals surface area contributed by atoms with Gasteiger partial charge in [0, 0.05) is 11.2 Å². The van der Waals surface area contributed by atoms with Crippen LogP contribution in [0.3, 0.4) is 0 Å². The molecule has 0 saturated carbocycles. The highest BCUT2D eigenvalue weighted by molar-refractivity contribution is 7.99. The van der Waals surface area contributed by atoms with E-state index in [0.29, 0.717) is 26.7 Å². The van der Waals surface area contributed by atoms with Gasteiger partial charge in [-0.25, -0.2) is 9.00 Å². The van der Waals surface area contributed by atoms with Crippen LogP contribution < -0.4 is 4.18 Å². The van der Waals surface area contributed by atoms with Gasteiger partial charge in [0.2, 0.25) is 11.1 Å². The Morgan fingerprint density at radius 3 is 2.52 bits per heavy atom. The molecule has 8 heteroatoms. The summed E-state index contributed by atoms with van der Waals surface area (Å²) in [6.07, 6.45) is 1.24. The van der Waals surface area contributed by atoms with Gasteiger partial charge < -0.3 is 14.0 Å². The summed E-state index contributed by atoms with van der Waals surface area (Å²) in [5.41, 5.74) is 0.946. The van der Waals surface area contributed by atoms with Gasteiger partial charge in [-0.3, -0.25) is 4.79 Å². The summed E-state index contributed by atoms with van der Waals surface area (Å²) in [6.45, 7) is 0. The second-order valence-electron chi connectivity index (χ2n) is 4.93. The largest absolute Gasteiger partial charge is 0.481 e. The third-order valence-electron chi connectivity index (χ3n) is 3.08. The Morgan fingerprint density at radius 2 is 1.88 bits per heavy atom. The number of methoxy groups -OCH3 is 1. The number of esters is 1. The molecule has 0 saturated heterocycles. The first-order valence-electron chi connectivity index (χ1n) is 7.12. The van der Waals surface area contributed by atoms with E-state index in [9.17, 15) is 13.8 Å². The van der Waals surface area contributed by atoms with E-state index in [4.69, 9.17) is 14.0 Å². The minimum absolute atomic E-state index is 0.151. The van der Waals surface area contributed by atoms with Crippen molar-refractivity contribution in [1.29, 1.82) is 0 Å². The molecule has 25 heavy (non-hydrogen) atoms. The molecule has 2 aromatic rings. The van der Waals surface area contributed by atoms with Gasteiger partial charge in [0.1, 0.15) is 0 Å². The molecular formula is C17H16O6S2. The predicted octanol–water partition coefficient (Wildman–Crippen LogP) is 2.92. The summed E-state index contributed by atoms with van der Waals surface area (Å²) in [5.74, 6) is -1.09. The molecule has 0 fully saturated rings. The molecule has 132 valence electrons. The summed E-state index contributed by atoms with van der Waals surface area (Å²) < 4.78 is 21.5. The van der Waals surface area contributed by atoms with Crippen molar-refractivity contribution in [2.45, 2.75) is 16.2 Å². The number of carboxylic acids is 1. The van der Waals surface area contributed by atoms with Crippen molar-refractivity contribution in [1.82, 2.24) is 0 Å². The van der Waals surface area contributed by atoms with Crippen molar-refractivity contribution in [2.75, 3.05) is 13.4 Å². The van der Waals surface area contributed by atoms with Gasteiger partial charge in [0.15, 0.2) is 5.75 Å². The second-order valence-corrected chi connectivity index (χ2v) is 6.98. The third kappa shape index (κ3) is 5.33. The van der Waals surface area contributed by atoms with Gasteiger partial charge in [-0.2, -0.15) is 0 Å². The Balaban J connectivity index is 2.44. The summed E-state index contributed by atoms with van der Waals surface area (Å²) in [7, 11) is 1.30. The fourth-order valence-corrected chi connectivity index (χ4v) is 3.58. The molecule has 1 unspecified atom stereocenters. The predicted molar refractivity (Wildman–Crippen MR) is 94.4 cm³/mol. The zero-order chi connectivity index (χ0) is 18.4. The van der Waals surface area contributed by atoms with Gasteiger partial charge in [-0.1, -0.05) is 30.0 Å². The summed E-state index contributed by atoms with van der Waals surface area (Å²) in [4.78, 5) is 24.0. The molecule has 0 aliphatic heterocycles. The zero-order valence-electron chi connectivity index (χ0n) is 13.6. The van der Waals surface area contributed by atoms with E-state index in [1.54, 1.807) is 42.5 Å². The molecule has 0 aromatic heterocycles. The molecule has 6 nitrogen and oxygen atoms in total.